The first-order valence-electron chi connectivity index (χ1n) is 8.44. The van der Waals surface area contributed by atoms with Crippen molar-refractivity contribution in [2.75, 3.05) is 7.05 Å². The van der Waals surface area contributed by atoms with Gasteiger partial charge >= 0.3 is 0 Å². The van der Waals surface area contributed by atoms with Crippen molar-refractivity contribution in [2.24, 2.45) is 0 Å². The van der Waals surface area contributed by atoms with Gasteiger partial charge in [0.05, 0.1) is 5.39 Å². The van der Waals surface area contributed by atoms with Gasteiger partial charge < -0.3 is 10.1 Å². The van der Waals surface area contributed by atoms with Crippen LogP contribution in [-0.4, -0.2) is 29.2 Å². The predicted molar refractivity (Wildman–Crippen MR) is 89.8 cm³/mol. The molecule has 2 atom stereocenters. The van der Waals surface area contributed by atoms with Crippen LogP contribution >= 0.6 is 11.3 Å². The summed E-state index contributed by atoms with van der Waals surface area (Å²) in [5, 5.41) is 4.61. The Labute approximate surface area is 135 Å². The molecule has 0 bridgehead atoms. The Morgan fingerprint density at radius 1 is 1.14 bits per heavy atom. The second kappa shape index (κ2) is 6.13. The standard InChI is InChI=1S/C17H23N3OS/c1-18-11-4-2-5-12(9-8-11)21-16-15-13-6-3-7-14(13)22-17(15)20-10-19-16/h10-12,18H,2-9H2,1H3. The first kappa shape index (κ1) is 14.4. The van der Waals surface area contributed by atoms with E-state index in [1.165, 1.54) is 47.9 Å². The van der Waals surface area contributed by atoms with Gasteiger partial charge in [0.25, 0.3) is 0 Å². The highest BCUT2D eigenvalue weighted by Gasteiger charge is 2.24. The molecule has 22 heavy (non-hydrogen) atoms. The van der Waals surface area contributed by atoms with Crippen molar-refractivity contribution in [1.82, 2.24) is 15.3 Å². The highest BCUT2D eigenvalue weighted by Crippen LogP contribution is 2.40. The number of aryl methyl sites for hydroxylation is 2. The van der Waals surface area contributed by atoms with E-state index in [2.05, 4.69) is 22.3 Å². The first-order chi connectivity index (χ1) is 10.8. The number of hydrogen-bond acceptors (Lipinski definition) is 5. The number of fused-ring (bicyclic) bond motifs is 3. The summed E-state index contributed by atoms with van der Waals surface area (Å²) in [7, 11) is 2.06. The summed E-state index contributed by atoms with van der Waals surface area (Å²) in [6.07, 6.45) is 11.5. The minimum atomic E-state index is 0.299. The Morgan fingerprint density at radius 2 is 2.09 bits per heavy atom. The molecule has 2 aromatic rings. The van der Waals surface area contributed by atoms with E-state index in [-0.39, 0.29) is 0 Å². The van der Waals surface area contributed by atoms with E-state index in [1.54, 1.807) is 6.33 Å². The third-order valence-electron chi connectivity index (χ3n) is 5.07. The van der Waals surface area contributed by atoms with Gasteiger partial charge in [-0.2, -0.15) is 0 Å². The van der Waals surface area contributed by atoms with Gasteiger partial charge in [0, 0.05) is 10.9 Å². The zero-order valence-electron chi connectivity index (χ0n) is 13.1. The van der Waals surface area contributed by atoms with Gasteiger partial charge in [0.2, 0.25) is 5.88 Å². The molecule has 4 rings (SSSR count). The van der Waals surface area contributed by atoms with Crippen LogP contribution in [0, 0.1) is 0 Å². The Bertz CT molecular complexity index is 669. The van der Waals surface area contributed by atoms with Crippen molar-refractivity contribution in [3.8, 4) is 5.88 Å². The fourth-order valence-electron chi connectivity index (χ4n) is 3.82. The third kappa shape index (κ3) is 2.61. The van der Waals surface area contributed by atoms with Crippen LogP contribution in [0.15, 0.2) is 6.33 Å². The van der Waals surface area contributed by atoms with Crippen LogP contribution < -0.4 is 10.1 Å². The average Bonchev–Trinajstić information content (AvgIpc) is 3.03. The molecule has 5 heteroatoms. The van der Waals surface area contributed by atoms with Gasteiger partial charge in [-0.1, -0.05) is 0 Å². The highest BCUT2D eigenvalue weighted by atomic mass is 32.1. The van der Waals surface area contributed by atoms with Gasteiger partial charge in [-0.05, 0) is 64.0 Å². The molecule has 1 saturated carbocycles. The normalized spacial score (nSPS) is 25.1. The smallest absolute Gasteiger partial charge is 0.225 e. The predicted octanol–water partition coefficient (Wildman–Crippen LogP) is 3.48. The van der Waals surface area contributed by atoms with Crippen molar-refractivity contribution in [3.63, 3.8) is 0 Å². The van der Waals surface area contributed by atoms with Crippen LogP contribution in [0.2, 0.25) is 0 Å². The maximum atomic E-state index is 6.35. The van der Waals surface area contributed by atoms with Crippen molar-refractivity contribution < 1.29 is 4.74 Å². The molecule has 0 aliphatic heterocycles. The van der Waals surface area contributed by atoms with Gasteiger partial charge in [-0.3, -0.25) is 0 Å². The summed E-state index contributed by atoms with van der Waals surface area (Å²) < 4.78 is 6.35. The molecule has 4 nitrogen and oxygen atoms in total. The number of hydrogen-bond donors (Lipinski definition) is 1. The molecule has 0 amide bonds. The first-order valence-corrected chi connectivity index (χ1v) is 9.26. The zero-order valence-corrected chi connectivity index (χ0v) is 13.9. The molecule has 1 N–H and O–H groups in total. The van der Waals surface area contributed by atoms with Crippen LogP contribution in [0.3, 0.4) is 0 Å². The van der Waals surface area contributed by atoms with E-state index in [9.17, 15) is 0 Å². The lowest BCUT2D eigenvalue weighted by Crippen LogP contribution is -2.24. The largest absolute Gasteiger partial charge is 0.474 e. The van der Waals surface area contributed by atoms with Crippen LogP contribution in [0.5, 0.6) is 5.88 Å². The minimum absolute atomic E-state index is 0.299. The lowest BCUT2D eigenvalue weighted by Gasteiger charge is -2.17. The van der Waals surface area contributed by atoms with Crippen LogP contribution in [0.25, 0.3) is 10.2 Å². The molecule has 2 unspecified atom stereocenters. The number of rotatable bonds is 3. The van der Waals surface area contributed by atoms with E-state index < -0.39 is 0 Å². The second-order valence-electron chi connectivity index (χ2n) is 6.45. The second-order valence-corrected chi connectivity index (χ2v) is 7.53. The van der Waals surface area contributed by atoms with E-state index in [0.717, 1.165) is 30.0 Å². The van der Waals surface area contributed by atoms with E-state index in [4.69, 9.17) is 4.74 Å². The highest BCUT2D eigenvalue weighted by molar-refractivity contribution is 7.18. The van der Waals surface area contributed by atoms with Crippen molar-refractivity contribution in [1.29, 1.82) is 0 Å². The minimum Gasteiger partial charge on any atom is -0.474 e. The number of nitrogens with one attached hydrogen (secondary N) is 1. The number of nitrogens with zero attached hydrogens (tertiary/aromatic N) is 2. The van der Waals surface area contributed by atoms with Crippen molar-refractivity contribution in [2.45, 2.75) is 63.5 Å². The molecule has 2 heterocycles. The monoisotopic (exact) mass is 317 g/mol. The molecule has 0 radical (unpaired) electrons. The van der Waals surface area contributed by atoms with E-state index in [1.807, 2.05) is 11.3 Å². The van der Waals surface area contributed by atoms with Crippen molar-refractivity contribution in [3.05, 3.63) is 16.8 Å². The fourth-order valence-corrected chi connectivity index (χ4v) is 5.04. The number of thiophene rings is 1. The molecule has 0 spiro atoms. The quantitative estimate of drug-likeness (QED) is 0.881. The maximum Gasteiger partial charge on any atom is 0.225 e. The molecular formula is C17H23N3OS. The number of ether oxygens (including phenoxy) is 1. The van der Waals surface area contributed by atoms with Gasteiger partial charge in [0.15, 0.2) is 0 Å². The van der Waals surface area contributed by atoms with Gasteiger partial charge in [-0.15, -0.1) is 11.3 Å². The summed E-state index contributed by atoms with van der Waals surface area (Å²) in [5.41, 5.74) is 1.46. The molecule has 1 fully saturated rings. The molecule has 0 aromatic carbocycles. The average molecular weight is 317 g/mol. The van der Waals surface area contributed by atoms with Crippen molar-refractivity contribution >= 4 is 21.6 Å². The summed E-state index contributed by atoms with van der Waals surface area (Å²) >= 11 is 1.83. The summed E-state index contributed by atoms with van der Waals surface area (Å²) in [5.74, 6) is 0.831. The van der Waals surface area contributed by atoms with Gasteiger partial charge in [-0.25, -0.2) is 9.97 Å². The maximum absolute atomic E-state index is 6.35. The SMILES string of the molecule is CNC1CCCC(Oc2ncnc3sc4c(c23)CCC4)CC1. The molecule has 2 aliphatic carbocycles. The Hall–Kier alpha value is -1.20. The zero-order chi connectivity index (χ0) is 14.9. The Kier molecular flexibility index (Phi) is 4.01. The summed E-state index contributed by atoms with van der Waals surface area (Å²) in [6, 6.07) is 0.643. The summed E-state index contributed by atoms with van der Waals surface area (Å²) in [6.45, 7) is 0. The Morgan fingerprint density at radius 3 is 3.00 bits per heavy atom. The molecule has 2 aliphatic rings. The van der Waals surface area contributed by atoms with E-state index in [0.29, 0.717) is 12.1 Å². The van der Waals surface area contributed by atoms with Crippen LogP contribution in [0.4, 0.5) is 0 Å². The molecule has 118 valence electrons. The lowest BCUT2D eigenvalue weighted by atomic mass is 10.1. The third-order valence-corrected chi connectivity index (χ3v) is 6.27. The fraction of sp³-hybridized carbons (Fsp3) is 0.647. The van der Waals surface area contributed by atoms with Crippen LogP contribution in [0.1, 0.15) is 49.0 Å². The van der Waals surface area contributed by atoms with Gasteiger partial charge in [0.1, 0.15) is 17.3 Å². The Balaban J connectivity index is 1.59. The van der Waals surface area contributed by atoms with Crippen LogP contribution in [-0.2, 0) is 12.8 Å². The summed E-state index contributed by atoms with van der Waals surface area (Å²) in [4.78, 5) is 11.5. The van der Waals surface area contributed by atoms with E-state index >= 15 is 0 Å². The lowest BCUT2D eigenvalue weighted by molar-refractivity contribution is 0.177. The molecule has 2 aromatic heterocycles. The number of aromatic nitrogens is 2. The molecular weight excluding hydrogens is 294 g/mol. The molecule has 0 saturated heterocycles. The topological polar surface area (TPSA) is 47.0 Å².